The van der Waals surface area contributed by atoms with Crippen molar-refractivity contribution in [3.8, 4) is 11.1 Å². The van der Waals surface area contributed by atoms with Gasteiger partial charge in [-0.2, -0.15) is 5.10 Å². The fourth-order valence-corrected chi connectivity index (χ4v) is 2.23. The molecular weight excluding hydrogens is 266 g/mol. The number of benzene rings is 1. The lowest BCUT2D eigenvalue weighted by Crippen LogP contribution is -2.07. The van der Waals surface area contributed by atoms with Crippen molar-refractivity contribution >= 4 is 15.9 Å². The molecule has 0 radical (unpaired) electrons. The molecule has 4 heteroatoms. The number of nitrogens with zero attached hydrogens (tertiary/aromatic N) is 2. The van der Waals surface area contributed by atoms with Gasteiger partial charge >= 0.3 is 0 Å². The molecule has 16 heavy (non-hydrogen) atoms. The van der Waals surface area contributed by atoms with Gasteiger partial charge in [0.1, 0.15) is 0 Å². The van der Waals surface area contributed by atoms with E-state index in [4.69, 9.17) is 5.73 Å². The molecule has 1 aromatic heterocycles. The summed E-state index contributed by atoms with van der Waals surface area (Å²) in [5, 5.41) is 4.40. The Morgan fingerprint density at radius 1 is 1.31 bits per heavy atom. The molecule has 0 spiro atoms. The van der Waals surface area contributed by atoms with E-state index in [0.29, 0.717) is 0 Å². The topological polar surface area (TPSA) is 43.8 Å². The van der Waals surface area contributed by atoms with Gasteiger partial charge in [-0.25, -0.2) is 0 Å². The van der Waals surface area contributed by atoms with Gasteiger partial charge < -0.3 is 5.73 Å². The van der Waals surface area contributed by atoms with E-state index in [0.717, 1.165) is 21.3 Å². The Morgan fingerprint density at radius 2 is 2.00 bits per heavy atom. The van der Waals surface area contributed by atoms with Gasteiger partial charge in [0.15, 0.2) is 0 Å². The van der Waals surface area contributed by atoms with Crippen molar-refractivity contribution in [3.05, 3.63) is 40.6 Å². The molecule has 3 nitrogen and oxygen atoms in total. The summed E-state index contributed by atoms with van der Waals surface area (Å²) in [5.74, 6) is 0. The molecule has 0 fully saturated rings. The van der Waals surface area contributed by atoms with Crippen LogP contribution in [0.3, 0.4) is 0 Å². The van der Waals surface area contributed by atoms with Crippen molar-refractivity contribution < 1.29 is 0 Å². The van der Waals surface area contributed by atoms with Crippen molar-refractivity contribution in [1.82, 2.24) is 9.78 Å². The monoisotopic (exact) mass is 279 g/mol. The predicted octanol–water partition coefficient (Wildman–Crippen LogP) is 2.87. The van der Waals surface area contributed by atoms with Crippen LogP contribution in [-0.4, -0.2) is 9.78 Å². The molecule has 0 bridgehead atoms. The van der Waals surface area contributed by atoms with Crippen LogP contribution in [0.4, 0.5) is 0 Å². The minimum absolute atomic E-state index is 0.0664. The summed E-state index contributed by atoms with van der Waals surface area (Å²) >= 11 is 3.55. The Bertz CT molecular complexity index is 503. The molecule has 1 atom stereocenters. The zero-order valence-corrected chi connectivity index (χ0v) is 10.9. The van der Waals surface area contributed by atoms with E-state index in [1.807, 2.05) is 38.4 Å². The van der Waals surface area contributed by atoms with E-state index < -0.39 is 0 Å². The molecule has 1 aromatic carbocycles. The molecule has 0 amide bonds. The van der Waals surface area contributed by atoms with Crippen LogP contribution in [0, 0.1) is 0 Å². The van der Waals surface area contributed by atoms with Crippen molar-refractivity contribution in [2.24, 2.45) is 12.8 Å². The Balaban J connectivity index is 2.60. The van der Waals surface area contributed by atoms with E-state index in [9.17, 15) is 0 Å². The maximum Gasteiger partial charge on any atom is 0.0867 e. The summed E-state index contributed by atoms with van der Waals surface area (Å²) in [5.41, 5.74) is 9.07. The third-order valence-corrected chi connectivity index (χ3v) is 3.14. The largest absolute Gasteiger partial charge is 0.323 e. The molecule has 0 aliphatic heterocycles. The molecule has 2 N–H and O–H groups in total. The van der Waals surface area contributed by atoms with Crippen LogP contribution in [0.1, 0.15) is 18.7 Å². The normalized spacial score (nSPS) is 12.8. The van der Waals surface area contributed by atoms with Gasteiger partial charge in [-0.05, 0) is 18.6 Å². The quantitative estimate of drug-likeness (QED) is 0.919. The van der Waals surface area contributed by atoms with Gasteiger partial charge in [0.05, 0.1) is 5.69 Å². The predicted molar refractivity (Wildman–Crippen MR) is 68.9 cm³/mol. The lowest BCUT2D eigenvalue weighted by molar-refractivity contribution is 0.699. The lowest BCUT2D eigenvalue weighted by atomic mass is 10.0. The average molecular weight is 280 g/mol. The van der Waals surface area contributed by atoms with E-state index in [1.54, 1.807) is 4.68 Å². The molecule has 0 saturated carbocycles. The molecule has 84 valence electrons. The summed E-state index contributed by atoms with van der Waals surface area (Å²) in [4.78, 5) is 0. The Kier molecular flexibility index (Phi) is 3.12. The van der Waals surface area contributed by atoms with Gasteiger partial charge in [-0.15, -0.1) is 0 Å². The second-order valence-electron chi connectivity index (χ2n) is 3.87. The standard InChI is InChI=1S/C12H14BrN3/c1-8(14)12-10(7-16(2)15-12)9-5-3-4-6-11(9)13/h3-8H,14H2,1-2H3. The van der Waals surface area contributed by atoms with Gasteiger partial charge in [-0.1, -0.05) is 34.1 Å². The van der Waals surface area contributed by atoms with Crippen LogP contribution in [0.2, 0.25) is 0 Å². The highest BCUT2D eigenvalue weighted by Crippen LogP contribution is 2.31. The summed E-state index contributed by atoms with van der Waals surface area (Å²) in [6.07, 6.45) is 2.00. The minimum atomic E-state index is -0.0664. The van der Waals surface area contributed by atoms with E-state index in [2.05, 4.69) is 27.1 Å². The number of aromatic nitrogens is 2. The van der Waals surface area contributed by atoms with E-state index in [1.165, 1.54) is 0 Å². The minimum Gasteiger partial charge on any atom is -0.323 e. The molecule has 0 aliphatic carbocycles. The molecule has 1 heterocycles. The highest BCUT2D eigenvalue weighted by molar-refractivity contribution is 9.10. The molecule has 2 rings (SSSR count). The van der Waals surface area contributed by atoms with Crippen LogP contribution in [0.25, 0.3) is 11.1 Å². The zero-order chi connectivity index (χ0) is 11.7. The smallest absolute Gasteiger partial charge is 0.0867 e. The van der Waals surface area contributed by atoms with Crippen molar-refractivity contribution in [3.63, 3.8) is 0 Å². The van der Waals surface area contributed by atoms with Crippen molar-refractivity contribution in [2.75, 3.05) is 0 Å². The first kappa shape index (κ1) is 11.4. The molecule has 2 aromatic rings. The van der Waals surface area contributed by atoms with Gasteiger partial charge in [-0.3, -0.25) is 4.68 Å². The highest BCUT2D eigenvalue weighted by Gasteiger charge is 2.14. The average Bonchev–Trinajstić information content (AvgIpc) is 2.61. The van der Waals surface area contributed by atoms with Crippen LogP contribution >= 0.6 is 15.9 Å². The molecule has 1 unspecified atom stereocenters. The molecule has 0 saturated heterocycles. The van der Waals surface area contributed by atoms with Gasteiger partial charge in [0.2, 0.25) is 0 Å². The Labute approximate surface area is 103 Å². The van der Waals surface area contributed by atoms with Gasteiger partial charge in [0.25, 0.3) is 0 Å². The Morgan fingerprint density at radius 3 is 2.62 bits per heavy atom. The fraction of sp³-hybridized carbons (Fsp3) is 0.250. The fourth-order valence-electron chi connectivity index (χ4n) is 1.73. The highest BCUT2D eigenvalue weighted by atomic mass is 79.9. The zero-order valence-electron chi connectivity index (χ0n) is 9.31. The second kappa shape index (κ2) is 4.39. The first-order valence-electron chi connectivity index (χ1n) is 5.13. The number of nitrogens with two attached hydrogens (primary N) is 1. The number of hydrogen-bond acceptors (Lipinski definition) is 2. The van der Waals surface area contributed by atoms with Crippen molar-refractivity contribution in [1.29, 1.82) is 0 Å². The van der Waals surface area contributed by atoms with Crippen molar-refractivity contribution in [2.45, 2.75) is 13.0 Å². The summed E-state index contributed by atoms with van der Waals surface area (Å²) in [6, 6.07) is 8.02. The van der Waals surface area contributed by atoms with Crippen LogP contribution in [-0.2, 0) is 7.05 Å². The SMILES string of the molecule is CC(N)c1nn(C)cc1-c1ccccc1Br. The first-order chi connectivity index (χ1) is 7.59. The Hall–Kier alpha value is -1.13. The number of hydrogen-bond donors (Lipinski definition) is 1. The maximum atomic E-state index is 5.92. The van der Waals surface area contributed by atoms with Crippen LogP contribution in [0.15, 0.2) is 34.9 Å². The summed E-state index contributed by atoms with van der Waals surface area (Å²) in [6.45, 7) is 1.95. The van der Waals surface area contributed by atoms with E-state index >= 15 is 0 Å². The van der Waals surface area contributed by atoms with Crippen LogP contribution in [0.5, 0.6) is 0 Å². The lowest BCUT2D eigenvalue weighted by Gasteiger charge is -2.06. The van der Waals surface area contributed by atoms with E-state index in [-0.39, 0.29) is 6.04 Å². The first-order valence-corrected chi connectivity index (χ1v) is 5.93. The number of aryl methyl sites for hydroxylation is 1. The maximum absolute atomic E-state index is 5.92. The molecular formula is C12H14BrN3. The molecule has 0 aliphatic rings. The third-order valence-electron chi connectivity index (χ3n) is 2.45. The number of rotatable bonds is 2. The third kappa shape index (κ3) is 2.03. The van der Waals surface area contributed by atoms with Gasteiger partial charge in [0, 0.05) is 29.3 Å². The second-order valence-corrected chi connectivity index (χ2v) is 4.72. The van der Waals surface area contributed by atoms with Crippen LogP contribution < -0.4 is 5.73 Å². The number of halogens is 1. The summed E-state index contributed by atoms with van der Waals surface area (Å²) < 4.78 is 2.86. The summed E-state index contributed by atoms with van der Waals surface area (Å²) in [7, 11) is 1.91.